The Morgan fingerprint density at radius 1 is 1.43 bits per heavy atom. The van der Waals surface area contributed by atoms with Gasteiger partial charge in [-0.2, -0.15) is 4.39 Å². The summed E-state index contributed by atoms with van der Waals surface area (Å²) >= 11 is 0. The van der Waals surface area contributed by atoms with E-state index in [-0.39, 0.29) is 29.2 Å². The minimum Gasteiger partial charge on any atom is -0.380 e. The molecule has 1 aromatic carbocycles. The molecule has 7 nitrogen and oxygen atoms in total. The van der Waals surface area contributed by atoms with E-state index >= 15 is 0 Å². The summed E-state index contributed by atoms with van der Waals surface area (Å²) < 4.78 is 45.3. The van der Waals surface area contributed by atoms with Crippen molar-refractivity contribution >= 4 is 15.7 Å². The fraction of sp³-hybridized carbons (Fsp3) is 0.500. The lowest BCUT2D eigenvalue weighted by Crippen LogP contribution is -2.29. The van der Waals surface area contributed by atoms with Crippen LogP contribution in [0.25, 0.3) is 0 Å². The molecule has 0 saturated carbocycles. The Kier molecular flexibility index (Phi) is 5.76. The van der Waals surface area contributed by atoms with E-state index in [1.165, 1.54) is 13.8 Å². The molecule has 0 saturated heterocycles. The minimum absolute atomic E-state index is 0.0280. The highest BCUT2D eigenvalue weighted by Gasteiger charge is 2.29. The maximum Gasteiger partial charge on any atom is 0.309 e. The first-order valence-electron chi connectivity index (χ1n) is 6.23. The third-order valence-electron chi connectivity index (χ3n) is 2.82. The van der Waals surface area contributed by atoms with Gasteiger partial charge in [-0.25, -0.2) is 13.1 Å². The fourth-order valence-corrected chi connectivity index (χ4v) is 3.49. The maximum absolute atomic E-state index is 13.6. The normalized spacial score (nSPS) is 11.6. The number of rotatable bonds is 7. The molecule has 0 spiro atoms. The minimum atomic E-state index is -3.98. The van der Waals surface area contributed by atoms with Crippen LogP contribution in [-0.2, 0) is 14.8 Å². The Morgan fingerprint density at radius 2 is 2.05 bits per heavy atom. The van der Waals surface area contributed by atoms with E-state index in [2.05, 4.69) is 4.72 Å². The average molecular weight is 320 g/mol. The summed E-state index contributed by atoms with van der Waals surface area (Å²) in [7, 11) is -3.98. The molecule has 21 heavy (non-hydrogen) atoms. The van der Waals surface area contributed by atoms with Crippen LogP contribution in [0.4, 0.5) is 10.1 Å². The topological polar surface area (TPSA) is 98.5 Å². The molecule has 0 aliphatic rings. The quantitative estimate of drug-likeness (QED) is 0.468. The first kappa shape index (κ1) is 17.5. The van der Waals surface area contributed by atoms with Gasteiger partial charge in [0.15, 0.2) is 0 Å². The summed E-state index contributed by atoms with van der Waals surface area (Å²) in [5, 5.41) is 10.9. The third-order valence-corrected chi connectivity index (χ3v) is 4.57. The van der Waals surface area contributed by atoms with Crippen molar-refractivity contribution in [2.24, 2.45) is 0 Å². The van der Waals surface area contributed by atoms with Crippen LogP contribution in [0.5, 0.6) is 0 Å². The van der Waals surface area contributed by atoms with Gasteiger partial charge in [0.05, 0.1) is 22.0 Å². The summed E-state index contributed by atoms with van der Waals surface area (Å²) in [6.07, 6.45) is 0. The molecule has 0 radical (unpaired) electrons. The molecule has 0 aromatic heterocycles. The molecule has 0 heterocycles. The van der Waals surface area contributed by atoms with Crippen LogP contribution in [0, 0.1) is 29.8 Å². The van der Waals surface area contributed by atoms with Crippen molar-refractivity contribution in [3.63, 3.8) is 0 Å². The number of sulfonamides is 1. The molecule has 0 fully saturated rings. The zero-order valence-corrected chi connectivity index (χ0v) is 12.8. The van der Waals surface area contributed by atoms with Gasteiger partial charge >= 0.3 is 5.69 Å². The monoisotopic (exact) mass is 320 g/mol. The largest absolute Gasteiger partial charge is 0.380 e. The van der Waals surface area contributed by atoms with Crippen LogP contribution < -0.4 is 4.72 Å². The molecule has 0 aliphatic carbocycles. The first-order chi connectivity index (χ1) is 9.72. The van der Waals surface area contributed by atoms with Gasteiger partial charge in [0.2, 0.25) is 15.8 Å². The third kappa shape index (κ3) is 3.96. The molecular formula is C12H17FN2O5S. The number of aryl methyl sites for hydroxylation is 1. The van der Waals surface area contributed by atoms with Crippen molar-refractivity contribution in [1.82, 2.24) is 4.72 Å². The lowest BCUT2D eigenvalue weighted by Gasteiger charge is -2.12. The van der Waals surface area contributed by atoms with Crippen LogP contribution in [0.15, 0.2) is 11.0 Å². The van der Waals surface area contributed by atoms with Crippen molar-refractivity contribution in [3.8, 4) is 0 Å². The van der Waals surface area contributed by atoms with E-state index in [1.54, 1.807) is 6.92 Å². The Labute approximate surface area is 122 Å². The van der Waals surface area contributed by atoms with Gasteiger partial charge in [0.25, 0.3) is 0 Å². The number of ether oxygens (including phenoxy) is 1. The van der Waals surface area contributed by atoms with Gasteiger partial charge in [-0.05, 0) is 32.4 Å². The Morgan fingerprint density at radius 3 is 2.57 bits per heavy atom. The lowest BCUT2D eigenvalue weighted by molar-refractivity contribution is -0.388. The molecule has 0 unspecified atom stereocenters. The van der Waals surface area contributed by atoms with Crippen molar-refractivity contribution in [3.05, 3.63) is 33.1 Å². The molecule has 1 N–H and O–H groups in total. The highest BCUT2D eigenvalue weighted by Crippen LogP contribution is 2.30. The van der Waals surface area contributed by atoms with Gasteiger partial charge in [0.1, 0.15) is 0 Å². The molecule has 0 amide bonds. The molecule has 0 atom stereocenters. The maximum atomic E-state index is 13.6. The lowest BCUT2D eigenvalue weighted by atomic mass is 10.1. The molecule has 118 valence electrons. The summed E-state index contributed by atoms with van der Waals surface area (Å²) in [6, 6.07) is 0.849. The molecule has 0 bridgehead atoms. The second-order valence-electron chi connectivity index (χ2n) is 4.33. The summed E-state index contributed by atoms with van der Waals surface area (Å²) in [5.74, 6) is -1.05. The van der Waals surface area contributed by atoms with Gasteiger partial charge < -0.3 is 4.74 Å². The van der Waals surface area contributed by atoms with E-state index < -0.39 is 26.5 Å². The van der Waals surface area contributed by atoms with Crippen molar-refractivity contribution < 1.29 is 22.5 Å². The molecule has 9 heteroatoms. The van der Waals surface area contributed by atoms with Crippen LogP contribution in [-0.4, -0.2) is 33.1 Å². The summed E-state index contributed by atoms with van der Waals surface area (Å²) in [5.41, 5.74) is -0.938. The molecule has 1 rings (SSSR count). The van der Waals surface area contributed by atoms with E-state index in [0.717, 1.165) is 6.07 Å². The van der Waals surface area contributed by atoms with E-state index in [4.69, 9.17) is 4.74 Å². The summed E-state index contributed by atoms with van der Waals surface area (Å²) in [4.78, 5) is 9.66. The predicted molar refractivity (Wildman–Crippen MR) is 74.2 cm³/mol. The zero-order chi connectivity index (χ0) is 16.2. The highest BCUT2D eigenvalue weighted by atomic mass is 32.2. The van der Waals surface area contributed by atoms with Crippen LogP contribution in [0.3, 0.4) is 0 Å². The van der Waals surface area contributed by atoms with Crippen molar-refractivity contribution in [1.29, 1.82) is 0 Å². The molecular weight excluding hydrogens is 303 g/mol. The fourth-order valence-electron chi connectivity index (χ4n) is 2.01. The second-order valence-corrected chi connectivity index (χ2v) is 6.03. The first-order valence-corrected chi connectivity index (χ1v) is 7.72. The van der Waals surface area contributed by atoms with Gasteiger partial charge in [-0.1, -0.05) is 0 Å². The van der Waals surface area contributed by atoms with Crippen LogP contribution in [0.2, 0.25) is 0 Å². The van der Waals surface area contributed by atoms with Crippen molar-refractivity contribution in [2.45, 2.75) is 25.7 Å². The van der Waals surface area contributed by atoms with E-state index in [1.807, 2.05) is 0 Å². The summed E-state index contributed by atoms with van der Waals surface area (Å²) in [6.45, 7) is 5.02. The Bertz CT molecular complexity index is 646. The second kappa shape index (κ2) is 6.92. The van der Waals surface area contributed by atoms with E-state index in [9.17, 15) is 22.9 Å². The number of nitro groups is 1. The number of benzene rings is 1. The highest BCUT2D eigenvalue weighted by molar-refractivity contribution is 7.89. The number of nitrogens with one attached hydrogen (secondary N) is 1. The zero-order valence-electron chi connectivity index (χ0n) is 12.0. The van der Waals surface area contributed by atoms with Gasteiger partial charge in [-0.3, -0.25) is 10.1 Å². The Hall–Kier alpha value is -1.58. The van der Waals surface area contributed by atoms with Gasteiger partial charge in [-0.15, -0.1) is 0 Å². The number of halogens is 1. The van der Waals surface area contributed by atoms with Gasteiger partial charge in [0, 0.05) is 13.2 Å². The number of nitro benzene ring substituents is 1. The SMILES string of the molecule is CCOCCNS(=O)(=O)c1c(C)cc(F)c([N+](=O)[O-])c1C. The van der Waals surface area contributed by atoms with Crippen LogP contribution >= 0.6 is 0 Å². The number of hydrogen-bond acceptors (Lipinski definition) is 5. The predicted octanol–water partition coefficient (Wildman–Crippen LogP) is 1.67. The number of hydrogen-bond donors (Lipinski definition) is 1. The number of nitrogens with zero attached hydrogens (tertiary/aromatic N) is 1. The van der Waals surface area contributed by atoms with Crippen LogP contribution in [0.1, 0.15) is 18.1 Å². The Balaban J connectivity index is 3.23. The standard InChI is InChI=1S/C12H17FN2O5S/c1-4-20-6-5-14-21(18,19)12-8(2)7-10(13)11(9(12)3)15(16)17/h7,14H,4-6H2,1-3H3. The van der Waals surface area contributed by atoms with Crippen molar-refractivity contribution in [2.75, 3.05) is 19.8 Å². The molecule has 0 aliphatic heterocycles. The molecule has 1 aromatic rings. The van der Waals surface area contributed by atoms with E-state index in [0.29, 0.717) is 6.61 Å². The average Bonchev–Trinajstić information content (AvgIpc) is 2.32. The smallest absolute Gasteiger partial charge is 0.309 e.